The summed E-state index contributed by atoms with van der Waals surface area (Å²) in [7, 11) is 0. The predicted octanol–water partition coefficient (Wildman–Crippen LogP) is 3.42. The van der Waals surface area contributed by atoms with Crippen molar-refractivity contribution in [1.29, 1.82) is 0 Å². The molecule has 3 rings (SSSR count). The molecule has 0 bridgehead atoms. The number of hydrogen-bond acceptors (Lipinski definition) is 3. The summed E-state index contributed by atoms with van der Waals surface area (Å²) < 4.78 is 5.26. The number of allylic oxidation sites excluding steroid dienone is 1. The maximum absolute atomic E-state index is 12.0. The lowest BCUT2D eigenvalue weighted by atomic mass is 10.1. The second kappa shape index (κ2) is 5.13. The second-order valence-electron chi connectivity index (χ2n) is 4.51. The molecule has 0 radical (unpaired) electrons. The third-order valence-corrected chi connectivity index (χ3v) is 3.18. The van der Waals surface area contributed by atoms with Crippen molar-refractivity contribution in [1.82, 2.24) is 0 Å². The van der Waals surface area contributed by atoms with Crippen LogP contribution >= 0.6 is 0 Å². The van der Waals surface area contributed by atoms with E-state index in [-0.39, 0.29) is 0 Å². The van der Waals surface area contributed by atoms with Crippen LogP contribution in [0.2, 0.25) is 0 Å². The van der Waals surface area contributed by atoms with Crippen LogP contribution in [0.4, 0.5) is 0 Å². The minimum absolute atomic E-state index is 0.362. The summed E-state index contributed by atoms with van der Waals surface area (Å²) in [5.41, 5.74) is 2.96. The average Bonchev–Trinajstić information content (AvgIpc) is 2.90. The van der Waals surface area contributed by atoms with Crippen molar-refractivity contribution in [3.8, 4) is 0 Å². The largest absolute Gasteiger partial charge is 0.402 e. The molecular formula is C17H13NO2. The molecule has 2 aromatic rings. The maximum atomic E-state index is 12.0. The molecular weight excluding hydrogens is 250 g/mol. The van der Waals surface area contributed by atoms with E-state index in [1.807, 2.05) is 67.6 Å². The standard InChI is InChI=1S/C17H13NO2/c1-12(13-8-4-2-5-9-13)15-17(19)20-16(18-15)14-10-6-3-7-11-14/h2-11H,1H3. The quantitative estimate of drug-likeness (QED) is 0.615. The van der Waals surface area contributed by atoms with Crippen LogP contribution in [0, 0.1) is 0 Å². The highest BCUT2D eigenvalue weighted by atomic mass is 16.6. The number of carbonyl (C=O) groups is 1. The summed E-state index contributed by atoms with van der Waals surface area (Å²) in [5, 5.41) is 0. The fourth-order valence-corrected chi connectivity index (χ4v) is 2.07. The van der Waals surface area contributed by atoms with Gasteiger partial charge in [-0.25, -0.2) is 9.79 Å². The molecule has 2 aromatic carbocycles. The zero-order chi connectivity index (χ0) is 13.9. The smallest absolute Gasteiger partial charge is 0.364 e. The van der Waals surface area contributed by atoms with Gasteiger partial charge in [0.2, 0.25) is 5.90 Å². The molecule has 0 saturated carbocycles. The SMILES string of the molecule is CC(=C1N=C(c2ccccc2)OC1=O)c1ccccc1. The minimum atomic E-state index is -0.398. The number of aliphatic imine (C=N–C) groups is 1. The zero-order valence-corrected chi connectivity index (χ0v) is 11.0. The number of benzene rings is 2. The van der Waals surface area contributed by atoms with Crippen LogP contribution in [0.1, 0.15) is 18.1 Å². The molecule has 98 valence electrons. The fraction of sp³-hybridized carbons (Fsp3) is 0.0588. The molecule has 0 amide bonds. The van der Waals surface area contributed by atoms with Gasteiger partial charge in [0.1, 0.15) is 0 Å². The van der Waals surface area contributed by atoms with Gasteiger partial charge in [-0.1, -0.05) is 48.5 Å². The van der Waals surface area contributed by atoms with Crippen molar-refractivity contribution < 1.29 is 9.53 Å². The molecule has 1 heterocycles. The number of carbonyl (C=O) groups excluding carboxylic acids is 1. The Morgan fingerprint density at radius 1 is 0.950 bits per heavy atom. The summed E-state index contributed by atoms with van der Waals surface area (Å²) in [5.74, 6) is -0.0360. The van der Waals surface area contributed by atoms with Crippen molar-refractivity contribution in [3.63, 3.8) is 0 Å². The molecule has 0 fully saturated rings. The number of cyclic esters (lactones) is 1. The molecule has 0 aromatic heterocycles. The fourth-order valence-electron chi connectivity index (χ4n) is 2.07. The van der Waals surface area contributed by atoms with Crippen LogP contribution in [-0.2, 0) is 9.53 Å². The summed E-state index contributed by atoms with van der Waals surface area (Å²) in [4.78, 5) is 16.3. The third kappa shape index (κ3) is 2.26. The van der Waals surface area contributed by atoms with Crippen LogP contribution < -0.4 is 0 Å². The van der Waals surface area contributed by atoms with E-state index in [4.69, 9.17) is 4.74 Å². The molecule has 0 spiro atoms. The Bertz CT molecular complexity index is 700. The Kier molecular flexibility index (Phi) is 3.17. The molecule has 3 nitrogen and oxygen atoms in total. The van der Waals surface area contributed by atoms with E-state index in [9.17, 15) is 4.79 Å². The molecule has 0 unspecified atom stereocenters. The first-order valence-electron chi connectivity index (χ1n) is 6.38. The number of nitrogens with zero attached hydrogens (tertiary/aromatic N) is 1. The average molecular weight is 263 g/mol. The Morgan fingerprint density at radius 2 is 1.55 bits per heavy atom. The van der Waals surface area contributed by atoms with Crippen molar-refractivity contribution >= 4 is 17.4 Å². The van der Waals surface area contributed by atoms with Crippen LogP contribution in [0.25, 0.3) is 5.57 Å². The molecule has 1 aliphatic rings. The van der Waals surface area contributed by atoms with Gasteiger partial charge >= 0.3 is 5.97 Å². The van der Waals surface area contributed by atoms with Crippen LogP contribution in [0.5, 0.6) is 0 Å². The van der Waals surface area contributed by atoms with Gasteiger partial charge in [0, 0.05) is 5.56 Å². The minimum Gasteiger partial charge on any atom is -0.402 e. The predicted molar refractivity (Wildman–Crippen MR) is 78.1 cm³/mol. The zero-order valence-electron chi connectivity index (χ0n) is 11.0. The molecule has 0 N–H and O–H groups in total. The second-order valence-corrected chi connectivity index (χ2v) is 4.51. The Hall–Kier alpha value is -2.68. The van der Waals surface area contributed by atoms with Crippen LogP contribution in [0.3, 0.4) is 0 Å². The first-order valence-corrected chi connectivity index (χ1v) is 6.38. The van der Waals surface area contributed by atoms with E-state index in [0.29, 0.717) is 11.6 Å². The van der Waals surface area contributed by atoms with E-state index in [1.54, 1.807) is 0 Å². The summed E-state index contributed by atoms with van der Waals surface area (Å²) >= 11 is 0. The van der Waals surface area contributed by atoms with E-state index in [2.05, 4.69) is 4.99 Å². The number of esters is 1. The van der Waals surface area contributed by atoms with Crippen molar-refractivity contribution in [2.45, 2.75) is 6.92 Å². The van der Waals surface area contributed by atoms with Gasteiger partial charge in [-0.2, -0.15) is 0 Å². The maximum Gasteiger partial charge on any atom is 0.364 e. The summed E-state index contributed by atoms with van der Waals surface area (Å²) in [6.45, 7) is 1.88. The topological polar surface area (TPSA) is 38.7 Å². The molecule has 20 heavy (non-hydrogen) atoms. The summed E-state index contributed by atoms with van der Waals surface area (Å²) in [6, 6.07) is 19.1. The van der Waals surface area contributed by atoms with E-state index < -0.39 is 5.97 Å². The highest BCUT2D eigenvalue weighted by Crippen LogP contribution is 2.25. The van der Waals surface area contributed by atoms with Gasteiger partial charge in [0.15, 0.2) is 5.70 Å². The van der Waals surface area contributed by atoms with Gasteiger partial charge in [-0.15, -0.1) is 0 Å². The number of hydrogen-bond donors (Lipinski definition) is 0. The van der Waals surface area contributed by atoms with Gasteiger partial charge in [-0.05, 0) is 30.2 Å². The summed E-state index contributed by atoms with van der Waals surface area (Å²) in [6.07, 6.45) is 0. The van der Waals surface area contributed by atoms with Crippen molar-refractivity contribution in [2.75, 3.05) is 0 Å². The van der Waals surface area contributed by atoms with E-state index in [0.717, 1.165) is 16.7 Å². The Balaban J connectivity index is 2.03. The normalized spacial score (nSPS) is 16.6. The number of ether oxygens (including phenoxy) is 1. The third-order valence-electron chi connectivity index (χ3n) is 3.18. The van der Waals surface area contributed by atoms with Crippen LogP contribution in [0.15, 0.2) is 71.4 Å². The highest BCUT2D eigenvalue weighted by Gasteiger charge is 2.26. The molecule has 3 heteroatoms. The molecule has 0 saturated heterocycles. The molecule has 0 atom stereocenters. The first-order chi connectivity index (χ1) is 9.75. The number of rotatable bonds is 2. The van der Waals surface area contributed by atoms with Crippen LogP contribution in [-0.4, -0.2) is 11.9 Å². The lowest BCUT2D eigenvalue weighted by Crippen LogP contribution is -2.05. The Morgan fingerprint density at radius 3 is 2.20 bits per heavy atom. The van der Waals surface area contributed by atoms with Gasteiger partial charge in [0.25, 0.3) is 0 Å². The Labute approximate surface area is 117 Å². The highest BCUT2D eigenvalue weighted by molar-refractivity contribution is 6.14. The lowest BCUT2D eigenvalue weighted by Gasteiger charge is -2.01. The van der Waals surface area contributed by atoms with Crippen molar-refractivity contribution in [2.24, 2.45) is 4.99 Å². The molecule has 0 aliphatic carbocycles. The van der Waals surface area contributed by atoms with Gasteiger partial charge in [-0.3, -0.25) is 0 Å². The van der Waals surface area contributed by atoms with Gasteiger partial charge in [0.05, 0.1) is 0 Å². The first kappa shape index (κ1) is 12.4. The van der Waals surface area contributed by atoms with Gasteiger partial charge < -0.3 is 4.74 Å². The lowest BCUT2D eigenvalue weighted by molar-refractivity contribution is -0.129. The van der Waals surface area contributed by atoms with E-state index in [1.165, 1.54) is 0 Å². The van der Waals surface area contributed by atoms with Crippen molar-refractivity contribution in [3.05, 3.63) is 77.5 Å². The van der Waals surface area contributed by atoms with E-state index >= 15 is 0 Å². The molecule has 1 aliphatic heterocycles. The monoisotopic (exact) mass is 263 g/mol.